The smallest absolute Gasteiger partial charge is 0.240 e. The second-order valence-electron chi connectivity index (χ2n) is 7.43. The molecule has 0 bridgehead atoms. The van der Waals surface area contributed by atoms with Gasteiger partial charge in [0, 0.05) is 42.4 Å². The molecule has 2 fully saturated rings. The highest BCUT2D eigenvalue weighted by molar-refractivity contribution is 7.80. The van der Waals surface area contributed by atoms with E-state index >= 15 is 0 Å². The number of carbonyl (C=O) groups excluding carboxylic acids is 3. The molecule has 1 aliphatic carbocycles. The van der Waals surface area contributed by atoms with Crippen LogP contribution in [0.4, 0.5) is 0 Å². The van der Waals surface area contributed by atoms with Crippen molar-refractivity contribution in [2.24, 2.45) is 11.8 Å². The molecular weight excluding hydrogens is 348 g/mol. The molecule has 0 spiro atoms. The van der Waals surface area contributed by atoms with E-state index in [4.69, 9.17) is 12.2 Å². The van der Waals surface area contributed by atoms with Gasteiger partial charge in [0.1, 0.15) is 11.8 Å². The Hall–Kier alpha value is -1.92. The van der Waals surface area contributed by atoms with Crippen LogP contribution in [-0.2, 0) is 16.0 Å². The number of ketones is 2. The lowest BCUT2D eigenvalue weighted by molar-refractivity contribution is -0.135. The predicted octanol–water partition coefficient (Wildman–Crippen LogP) is 1.58. The Morgan fingerprint density at radius 2 is 1.92 bits per heavy atom. The summed E-state index contributed by atoms with van der Waals surface area (Å²) in [7, 11) is 0. The highest BCUT2D eigenvalue weighted by atomic mass is 32.1. The molecule has 3 atom stereocenters. The normalized spacial score (nSPS) is 27.8. The van der Waals surface area contributed by atoms with Crippen molar-refractivity contribution in [3.63, 3.8) is 0 Å². The Labute approximate surface area is 158 Å². The monoisotopic (exact) mass is 370 g/mol. The fraction of sp³-hybridized carbons (Fsp3) is 0.500. The van der Waals surface area contributed by atoms with Crippen LogP contribution in [0.5, 0.6) is 0 Å². The van der Waals surface area contributed by atoms with Gasteiger partial charge in [0.05, 0.1) is 5.92 Å². The van der Waals surface area contributed by atoms with Crippen LogP contribution in [0.1, 0.15) is 35.2 Å². The Bertz CT molecular complexity index is 785. The first-order valence-electron chi connectivity index (χ1n) is 9.26. The number of fused-ring (bicyclic) bond motifs is 1. The van der Waals surface area contributed by atoms with E-state index < -0.39 is 12.0 Å². The largest absolute Gasteiger partial charge is 0.341 e. The first kappa shape index (κ1) is 17.5. The number of hydrogen-bond acceptors (Lipinski definition) is 5. The summed E-state index contributed by atoms with van der Waals surface area (Å²) in [5.74, 6) is -0.987. The van der Waals surface area contributed by atoms with Gasteiger partial charge in [0.2, 0.25) is 5.91 Å². The minimum Gasteiger partial charge on any atom is -0.341 e. The Balaban J connectivity index is 1.47. The quantitative estimate of drug-likeness (QED) is 0.815. The molecule has 2 saturated heterocycles. The molecule has 26 heavy (non-hydrogen) atoms. The molecular formula is C20H22N2O3S. The molecule has 0 saturated carbocycles. The standard InChI is InChI=1S/C20H22N2O3S/c23-15(10-13-9-12-5-1-2-6-14(12)19(13)24)17-16(26)11-21-18(17)20(25)22-7-3-4-8-22/h1-2,5-6,13,17-18,21H,3-4,7-11H2/t13?,17?,18-/m0/s1. The third-order valence-electron chi connectivity index (χ3n) is 5.77. The number of nitrogens with one attached hydrogen (secondary N) is 1. The lowest BCUT2D eigenvalue weighted by Gasteiger charge is -2.24. The second kappa shape index (κ2) is 7.00. The van der Waals surface area contributed by atoms with Gasteiger partial charge in [-0.25, -0.2) is 0 Å². The summed E-state index contributed by atoms with van der Waals surface area (Å²) >= 11 is 5.39. The molecule has 4 rings (SSSR count). The molecule has 6 heteroatoms. The van der Waals surface area contributed by atoms with Crippen molar-refractivity contribution < 1.29 is 14.4 Å². The number of rotatable bonds is 4. The summed E-state index contributed by atoms with van der Waals surface area (Å²) in [5.41, 5.74) is 1.73. The van der Waals surface area contributed by atoms with Crippen LogP contribution in [0.2, 0.25) is 0 Å². The fourth-order valence-electron chi connectivity index (χ4n) is 4.41. The van der Waals surface area contributed by atoms with E-state index in [-0.39, 0.29) is 29.8 Å². The van der Waals surface area contributed by atoms with E-state index in [1.807, 2.05) is 29.2 Å². The Morgan fingerprint density at radius 3 is 2.65 bits per heavy atom. The van der Waals surface area contributed by atoms with Gasteiger partial charge in [-0.15, -0.1) is 0 Å². The maximum absolute atomic E-state index is 13.0. The molecule has 1 aromatic carbocycles. The molecule has 3 aliphatic rings. The van der Waals surface area contributed by atoms with E-state index in [1.165, 1.54) is 0 Å². The van der Waals surface area contributed by atoms with Crippen LogP contribution in [0.3, 0.4) is 0 Å². The van der Waals surface area contributed by atoms with Crippen molar-refractivity contribution in [3.8, 4) is 0 Å². The zero-order chi connectivity index (χ0) is 18.3. The lowest BCUT2D eigenvalue weighted by Crippen LogP contribution is -2.47. The van der Waals surface area contributed by atoms with Gasteiger partial charge in [-0.2, -0.15) is 0 Å². The van der Waals surface area contributed by atoms with Gasteiger partial charge >= 0.3 is 0 Å². The van der Waals surface area contributed by atoms with Crippen molar-refractivity contribution in [1.29, 1.82) is 0 Å². The number of likely N-dealkylation sites (tertiary alicyclic amines) is 1. The molecule has 1 N–H and O–H groups in total. The third kappa shape index (κ3) is 3.01. The summed E-state index contributed by atoms with van der Waals surface area (Å²) in [5, 5.41) is 3.13. The van der Waals surface area contributed by atoms with Gasteiger partial charge in [-0.05, 0) is 24.8 Å². The van der Waals surface area contributed by atoms with Crippen LogP contribution >= 0.6 is 12.2 Å². The van der Waals surface area contributed by atoms with Crippen molar-refractivity contribution in [3.05, 3.63) is 35.4 Å². The average molecular weight is 370 g/mol. The summed E-state index contributed by atoms with van der Waals surface area (Å²) < 4.78 is 0. The SMILES string of the molecule is O=C1c2ccccc2CC1CC(=O)C1C(=S)CN[C@@H]1C(=O)N1CCCC1. The number of thiocarbonyl (C=S) groups is 1. The predicted molar refractivity (Wildman–Crippen MR) is 101 cm³/mol. The number of benzene rings is 1. The van der Waals surface area contributed by atoms with Gasteiger partial charge in [0.25, 0.3) is 0 Å². The average Bonchev–Trinajstić information content (AvgIpc) is 3.35. The van der Waals surface area contributed by atoms with Gasteiger partial charge in [-0.1, -0.05) is 36.5 Å². The molecule has 1 aromatic rings. The maximum atomic E-state index is 13.0. The lowest BCUT2D eigenvalue weighted by atomic mass is 9.87. The van der Waals surface area contributed by atoms with Crippen molar-refractivity contribution in [2.75, 3.05) is 19.6 Å². The number of carbonyl (C=O) groups is 3. The van der Waals surface area contributed by atoms with E-state index in [1.54, 1.807) is 0 Å². The number of amides is 1. The highest BCUT2D eigenvalue weighted by Crippen LogP contribution is 2.31. The van der Waals surface area contributed by atoms with Crippen molar-refractivity contribution in [2.45, 2.75) is 31.7 Å². The molecule has 2 aliphatic heterocycles. The number of nitrogens with zero attached hydrogens (tertiary/aromatic N) is 1. The number of Topliss-reactive ketones (excluding diaryl/α,β-unsaturated/α-hetero) is 2. The molecule has 0 aromatic heterocycles. The number of hydrogen-bond donors (Lipinski definition) is 1. The van der Waals surface area contributed by atoms with Crippen LogP contribution in [-0.4, -0.2) is 52.9 Å². The summed E-state index contributed by atoms with van der Waals surface area (Å²) in [6.07, 6.45) is 2.77. The van der Waals surface area contributed by atoms with E-state index in [0.717, 1.165) is 37.1 Å². The zero-order valence-electron chi connectivity index (χ0n) is 14.6. The summed E-state index contributed by atoms with van der Waals surface area (Å²) in [6.45, 7) is 1.91. The fourth-order valence-corrected chi connectivity index (χ4v) is 4.76. The maximum Gasteiger partial charge on any atom is 0.240 e. The summed E-state index contributed by atoms with van der Waals surface area (Å²) in [4.78, 5) is 40.8. The van der Waals surface area contributed by atoms with Gasteiger partial charge < -0.3 is 10.2 Å². The minimum atomic E-state index is -0.588. The molecule has 1 amide bonds. The second-order valence-corrected chi connectivity index (χ2v) is 7.95. The Morgan fingerprint density at radius 1 is 1.19 bits per heavy atom. The van der Waals surface area contributed by atoms with Crippen LogP contribution in [0.15, 0.2) is 24.3 Å². The Kier molecular flexibility index (Phi) is 4.71. The molecule has 2 unspecified atom stereocenters. The molecule has 136 valence electrons. The minimum absolute atomic E-state index is 0.0262. The molecule has 2 heterocycles. The van der Waals surface area contributed by atoms with Gasteiger partial charge in [-0.3, -0.25) is 14.4 Å². The topological polar surface area (TPSA) is 66.5 Å². The van der Waals surface area contributed by atoms with Crippen LogP contribution in [0.25, 0.3) is 0 Å². The highest BCUT2D eigenvalue weighted by Gasteiger charge is 2.44. The van der Waals surface area contributed by atoms with Crippen LogP contribution < -0.4 is 5.32 Å². The van der Waals surface area contributed by atoms with E-state index in [0.29, 0.717) is 17.8 Å². The summed E-state index contributed by atoms with van der Waals surface area (Å²) in [6, 6.07) is 6.97. The van der Waals surface area contributed by atoms with Gasteiger partial charge in [0.15, 0.2) is 5.78 Å². The molecule has 0 radical (unpaired) electrons. The van der Waals surface area contributed by atoms with Crippen molar-refractivity contribution >= 4 is 34.6 Å². The van der Waals surface area contributed by atoms with Crippen molar-refractivity contribution in [1.82, 2.24) is 10.2 Å². The first-order valence-corrected chi connectivity index (χ1v) is 9.67. The zero-order valence-corrected chi connectivity index (χ0v) is 15.4. The third-order valence-corrected chi connectivity index (χ3v) is 6.17. The molecule has 5 nitrogen and oxygen atoms in total. The van der Waals surface area contributed by atoms with Crippen LogP contribution in [0, 0.1) is 11.8 Å². The van der Waals surface area contributed by atoms with E-state index in [2.05, 4.69) is 5.32 Å². The van der Waals surface area contributed by atoms with E-state index in [9.17, 15) is 14.4 Å². The first-order chi connectivity index (χ1) is 12.6.